The molecule has 0 aliphatic carbocycles. The summed E-state index contributed by atoms with van der Waals surface area (Å²) in [5, 5.41) is 3.99. The van der Waals surface area contributed by atoms with Gasteiger partial charge in [0.25, 0.3) is 5.91 Å². The van der Waals surface area contributed by atoms with Gasteiger partial charge in [0, 0.05) is 29.6 Å². The number of carbonyl (C=O) groups is 1. The second-order valence-electron chi connectivity index (χ2n) is 6.23. The van der Waals surface area contributed by atoms with E-state index in [1.165, 1.54) is 0 Å². The SMILES string of the molecule is Cc1[nH]c2ccccc2c1C(=O)NCCCc1nc2ccccc2[nH]1. The number of aryl methyl sites for hydroxylation is 2. The first kappa shape index (κ1) is 15.4. The van der Waals surface area contributed by atoms with Crippen molar-refractivity contribution in [1.82, 2.24) is 20.3 Å². The summed E-state index contributed by atoms with van der Waals surface area (Å²) >= 11 is 0. The second-order valence-corrected chi connectivity index (χ2v) is 6.23. The molecule has 4 rings (SSSR count). The van der Waals surface area contributed by atoms with E-state index in [1.807, 2.05) is 55.5 Å². The standard InChI is InChI=1S/C20H20N4O/c1-13-19(14-7-2-3-8-15(14)22-13)20(25)21-12-6-11-18-23-16-9-4-5-10-17(16)24-18/h2-5,7-10,22H,6,11-12H2,1H3,(H,21,25)(H,23,24). The lowest BCUT2D eigenvalue weighted by atomic mass is 10.1. The molecule has 2 heterocycles. The lowest BCUT2D eigenvalue weighted by molar-refractivity contribution is 0.0954. The number of rotatable bonds is 5. The number of aromatic nitrogens is 3. The fourth-order valence-corrected chi connectivity index (χ4v) is 3.24. The molecule has 2 aromatic heterocycles. The molecule has 2 aromatic carbocycles. The number of para-hydroxylation sites is 3. The van der Waals surface area contributed by atoms with Crippen LogP contribution < -0.4 is 5.32 Å². The molecule has 0 radical (unpaired) electrons. The van der Waals surface area contributed by atoms with E-state index in [1.54, 1.807) is 0 Å². The van der Waals surface area contributed by atoms with E-state index in [9.17, 15) is 4.79 Å². The molecule has 0 aliphatic heterocycles. The van der Waals surface area contributed by atoms with Gasteiger partial charge in [-0.3, -0.25) is 4.79 Å². The smallest absolute Gasteiger partial charge is 0.253 e. The average molecular weight is 332 g/mol. The third-order valence-electron chi connectivity index (χ3n) is 4.43. The van der Waals surface area contributed by atoms with Gasteiger partial charge in [-0.05, 0) is 31.5 Å². The molecule has 126 valence electrons. The van der Waals surface area contributed by atoms with Gasteiger partial charge in [0.15, 0.2) is 0 Å². The summed E-state index contributed by atoms with van der Waals surface area (Å²) in [7, 11) is 0. The minimum atomic E-state index is -0.0282. The van der Waals surface area contributed by atoms with E-state index >= 15 is 0 Å². The van der Waals surface area contributed by atoms with Crippen molar-refractivity contribution in [2.75, 3.05) is 6.54 Å². The van der Waals surface area contributed by atoms with Crippen LogP contribution >= 0.6 is 0 Å². The monoisotopic (exact) mass is 332 g/mol. The van der Waals surface area contributed by atoms with Crippen LogP contribution in [0.2, 0.25) is 0 Å². The molecule has 4 aromatic rings. The number of hydrogen-bond donors (Lipinski definition) is 3. The quantitative estimate of drug-likeness (QED) is 0.487. The number of nitrogens with one attached hydrogen (secondary N) is 3. The summed E-state index contributed by atoms with van der Waals surface area (Å²) in [6.45, 7) is 2.55. The molecule has 0 fully saturated rings. The van der Waals surface area contributed by atoms with Gasteiger partial charge < -0.3 is 15.3 Å². The minimum absolute atomic E-state index is 0.0282. The van der Waals surface area contributed by atoms with Crippen molar-refractivity contribution in [3.63, 3.8) is 0 Å². The summed E-state index contributed by atoms with van der Waals surface area (Å²) in [6, 6.07) is 15.9. The van der Waals surface area contributed by atoms with E-state index in [0.717, 1.165) is 51.9 Å². The van der Waals surface area contributed by atoms with Crippen molar-refractivity contribution in [3.8, 4) is 0 Å². The first-order valence-corrected chi connectivity index (χ1v) is 8.51. The first-order valence-electron chi connectivity index (χ1n) is 8.51. The van der Waals surface area contributed by atoms with Gasteiger partial charge in [-0.1, -0.05) is 30.3 Å². The number of H-pyrrole nitrogens is 2. The molecule has 0 aliphatic rings. The molecule has 5 heteroatoms. The number of benzene rings is 2. The van der Waals surface area contributed by atoms with Crippen LogP contribution in [-0.4, -0.2) is 27.4 Å². The van der Waals surface area contributed by atoms with E-state index in [0.29, 0.717) is 6.54 Å². The average Bonchev–Trinajstić information content (AvgIpc) is 3.17. The highest BCUT2D eigenvalue weighted by Crippen LogP contribution is 2.21. The number of hydrogen-bond acceptors (Lipinski definition) is 2. The highest BCUT2D eigenvalue weighted by molar-refractivity contribution is 6.08. The maximum Gasteiger partial charge on any atom is 0.253 e. The van der Waals surface area contributed by atoms with Crippen molar-refractivity contribution in [2.24, 2.45) is 0 Å². The van der Waals surface area contributed by atoms with Gasteiger partial charge in [-0.25, -0.2) is 4.98 Å². The van der Waals surface area contributed by atoms with Gasteiger partial charge in [0.05, 0.1) is 16.6 Å². The number of amides is 1. The van der Waals surface area contributed by atoms with Crippen molar-refractivity contribution < 1.29 is 4.79 Å². The molecule has 0 saturated carbocycles. The molecule has 0 atom stereocenters. The number of nitrogens with zero attached hydrogens (tertiary/aromatic N) is 1. The summed E-state index contributed by atoms with van der Waals surface area (Å²) in [4.78, 5) is 23.7. The normalized spacial score (nSPS) is 11.2. The van der Waals surface area contributed by atoms with Crippen molar-refractivity contribution in [1.29, 1.82) is 0 Å². The Balaban J connectivity index is 1.38. The Labute approximate surface area is 145 Å². The number of aromatic amines is 2. The van der Waals surface area contributed by atoms with Gasteiger partial charge in [-0.15, -0.1) is 0 Å². The van der Waals surface area contributed by atoms with Crippen LogP contribution in [-0.2, 0) is 6.42 Å². The predicted molar refractivity (Wildman–Crippen MR) is 99.8 cm³/mol. The summed E-state index contributed by atoms with van der Waals surface area (Å²) in [5.74, 6) is 0.929. The van der Waals surface area contributed by atoms with Gasteiger partial charge in [0.2, 0.25) is 0 Å². The zero-order chi connectivity index (χ0) is 17.2. The van der Waals surface area contributed by atoms with E-state index < -0.39 is 0 Å². The third kappa shape index (κ3) is 3.01. The Kier molecular flexibility index (Phi) is 3.98. The van der Waals surface area contributed by atoms with Crippen LogP contribution in [0.1, 0.15) is 28.3 Å². The zero-order valence-corrected chi connectivity index (χ0v) is 14.1. The first-order chi connectivity index (χ1) is 12.2. The fraction of sp³-hybridized carbons (Fsp3) is 0.200. The maximum atomic E-state index is 12.5. The molecular weight excluding hydrogens is 312 g/mol. The molecule has 0 spiro atoms. The third-order valence-corrected chi connectivity index (χ3v) is 4.43. The molecule has 0 saturated heterocycles. The van der Waals surface area contributed by atoms with E-state index in [4.69, 9.17) is 0 Å². The van der Waals surface area contributed by atoms with Crippen LogP contribution in [0.25, 0.3) is 21.9 Å². The highest BCUT2D eigenvalue weighted by Gasteiger charge is 2.15. The molecule has 3 N–H and O–H groups in total. The Morgan fingerprint density at radius 2 is 1.80 bits per heavy atom. The van der Waals surface area contributed by atoms with Gasteiger partial charge >= 0.3 is 0 Å². The van der Waals surface area contributed by atoms with Crippen LogP contribution in [0.3, 0.4) is 0 Å². The Morgan fingerprint density at radius 3 is 2.64 bits per heavy atom. The Morgan fingerprint density at radius 1 is 1.04 bits per heavy atom. The van der Waals surface area contributed by atoms with Gasteiger partial charge in [-0.2, -0.15) is 0 Å². The molecule has 0 unspecified atom stereocenters. The maximum absolute atomic E-state index is 12.5. The minimum Gasteiger partial charge on any atom is -0.358 e. The van der Waals surface area contributed by atoms with Crippen LogP contribution in [0, 0.1) is 6.92 Å². The molecular formula is C20H20N4O. The largest absolute Gasteiger partial charge is 0.358 e. The van der Waals surface area contributed by atoms with E-state index in [-0.39, 0.29) is 5.91 Å². The van der Waals surface area contributed by atoms with Crippen molar-refractivity contribution >= 4 is 27.8 Å². The summed E-state index contributed by atoms with van der Waals surface area (Å²) in [6.07, 6.45) is 1.65. The number of imidazole rings is 1. The highest BCUT2D eigenvalue weighted by atomic mass is 16.1. The van der Waals surface area contributed by atoms with Crippen LogP contribution in [0.15, 0.2) is 48.5 Å². The van der Waals surface area contributed by atoms with Crippen LogP contribution in [0.5, 0.6) is 0 Å². The number of carbonyl (C=O) groups excluding carboxylic acids is 1. The predicted octanol–water partition coefficient (Wildman–Crippen LogP) is 3.72. The fourth-order valence-electron chi connectivity index (χ4n) is 3.24. The molecule has 1 amide bonds. The van der Waals surface area contributed by atoms with Crippen molar-refractivity contribution in [2.45, 2.75) is 19.8 Å². The Bertz CT molecular complexity index is 1010. The molecule has 25 heavy (non-hydrogen) atoms. The topological polar surface area (TPSA) is 73.6 Å². The summed E-state index contributed by atoms with van der Waals surface area (Å²) < 4.78 is 0. The van der Waals surface area contributed by atoms with E-state index in [2.05, 4.69) is 20.3 Å². The lowest BCUT2D eigenvalue weighted by Crippen LogP contribution is -2.25. The van der Waals surface area contributed by atoms with Crippen molar-refractivity contribution in [3.05, 3.63) is 65.6 Å². The summed E-state index contributed by atoms with van der Waals surface area (Å²) in [5.41, 5.74) is 4.66. The molecule has 5 nitrogen and oxygen atoms in total. The lowest BCUT2D eigenvalue weighted by Gasteiger charge is -2.05. The molecule has 0 bridgehead atoms. The second kappa shape index (κ2) is 6.43. The van der Waals surface area contributed by atoms with Gasteiger partial charge in [0.1, 0.15) is 5.82 Å². The number of fused-ring (bicyclic) bond motifs is 2. The zero-order valence-electron chi connectivity index (χ0n) is 14.1. The van der Waals surface area contributed by atoms with Crippen LogP contribution in [0.4, 0.5) is 0 Å². The Hall–Kier alpha value is -3.08.